The van der Waals surface area contributed by atoms with Crippen LogP contribution in [0.15, 0.2) is 56.3 Å². The van der Waals surface area contributed by atoms with Crippen molar-refractivity contribution >= 4 is 70.8 Å². The van der Waals surface area contributed by atoms with Gasteiger partial charge in [-0.2, -0.15) is 13.2 Å². The number of amides is 1. The second-order valence-electron chi connectivity index (χ2n) is 7.19. The topological polar surface area (TPSA) is 91.1 Å². The van der Waals surface area contributed by atoms with Crippen LogP contribution in [0.2, 0.25) is 0 Å². The highest BCUT2D eigenvalue weighted by Crippen LogP contribution is 2.38. The SMILES string of the molecule is Cc1[nH]c(C=C2C(=O)Nc3ccc(S(=O)(=O)Nc4ccc(C(F)(F)F)cc4)cc32)c(Br)c1Br. The third-order valence-electron chi connectivity index (χ3n) is 4.92. The number of halogens is 5. The van der Waals surface area contributed by atoms with Gasteiger partial charge in [0.1, 0.15) is 0 Å². The van der Waals surface area contributed by atoms with E-state index in [2.05, 4.69) is 46.9 Å². The molecule has 0 unspecified atom stereocenters. The van der Waals surface area contributed by atoms with Crippen molar-refractivity contribution in [2.45, 2.75) is 18.0 Å². The highest BCUT2D eigenvalue weighted by atomic mass is 79.9. The molecule has 1 aliphatic rings. The fourth-order valence-electron chi connectivity index (χ4n) is 3.26. The number of alkyl halides is 3. The van der Waals surface area contributed by atoms with Crippen LogP contribution in [0.3, 0.4) is 0 Å². The van der Waals surface area contributed by atoms with Crippen molar-refractivity contribution in [3.63, 3.8) is 0 Å². The molecule has 0 aliphatic carbocycles. The normalized spacial score (nSPS) is 15.0. The van der Waals surface area contributed by atoms with Crippen molar-refractivity contribution in [3.05, 3.63) is 73.9 Å². The number of carbonyl (C=O) groups excluding carboxylic acids is 1. The number of hydrogen-bond donors (Lipinski definition) is 3. The van der Waals surface area contributed by atoms with E-state index in [-0.39, 0.29) is 16.2 Å². The first kappa shape index (κ1) is 23.6. The summed E-state index contributed by atoms with van der Waals surface area (Å²) in [4.78, 5) is 15.5. The molecule has 6 nitrogen and oxygen atoms in total. The van der Waals surface area contributed by atoms with Crippen LogP contribution in [0, 0.1) is 6.92 Å². The number of benzene rings is 2. The number of aromatic nitrogens is 1. The second-order valence-corrected chi connectivity index (χ2v) is 10.5. The Labute approximate surface area is 203 Å². The van der Waals surface area contributed by atoms with Gasteiger partial charge in [0.15, 0.2) is 0 Å². The number of anilines is 2. The molecular formula is C21H14Br2F3N3O3S. The van der Waals surface area contributed by atoms with E-state index in [9.17, 15) is 26.4 Å². The summed E-state index contributed by atoms with van der Waals surface area (Å²) in [5.74, 6) is -0.398. The molecule has 0 atom stereocenters. The largest absolute Gasteiger partial charge is 0.416 e. The molecule has 0 saturated carbocycles. The van der Waals surface area contributed by atoms with E-state index in [1.165, 1.54) is 18.2 Å². The number of H-pyrrole nitrogens is 1. The molecule has 0 bridgehead atoms. The van der Waals surface area contributed by atoms with Crippen LogP contribution < -0.4 is 10.0 Å². The second kappa shape index (κ2) is 8.33. The fraction of sp³-hybridized carbons (Fsp3) is 0.0952. The van der Waals surface area contributed by atoms with Crippen molar-refractivity contribution in [2.75, 3.05) is 10.0 Å². The number of fused-ring (bicyclic) bond motifs is 1. The molecule has 33 heavy (non-hydrogen) atoms. The lowest BCUT2D eigenvalue weighted by Crippen LogP contribution is -2.13. The number of sulfonamides is 1. The van der Waals surface area contributed by atoms with Gasteiger partial charge in [0, 0.05) is 22.6 Å². The van der Waals surface area contributed by atoms with Crippen molar-refractivity contribution in [2.24, 2.45) is 0 Å². The van der Waals surface area contributed by atoms with E-state index in [1.54, 1.807) is 6.08 Å². The quantitative estimate of drug-likeness (QED) is 0.312. The van der Waals surface area contributed by atoms with Gasteiger partial charge in [0.2, 0.25) is 0 Å². The van der Waals surface area contributed by atoms with E-state index in [0.717, 1.165) is 34.4 Å². The molecular weight excluding hydrogens is 591 g/mol. The van der Waals surface area contributed by atoms with Crippen LogP contribution in [0.1, 0.15) is 22.5 Å². The minimum Gasteiger partial charge on any atom is -0.357 e. The van der Waals surface area contributed by atoms with Crippen LogP contribution >= 0.6 is 31.9 Å². The number of hydrogen-bond acceptors (Lipinski definition) is 3. The van der Waals surface area contributed by atoms with Crippen LogP contribution in [-0.2, 0) is 21.0 Å². The lowest BCUT2D eigenvalue weighted by atomic mass is 10.1. The first-order valence-corrected chi connectivity index (χ1v) is 12.3. The molecule has 12 heteroatoms. The van der Waals surface area contributed by atoms with Gasteiger partial charge in [-0.1, -0.05) is 0 Å². The van der Waals surface area contributed by atoms with Crippen molar-refractivity contribution in [1.29, 1.82) is 0 Å². The molecule has 0 fully saturated rings. The van der Waals surface area contributed by atoms with Gasteiger partial charge >= 0.3 is 6.18 Å². The van der Waals surface area contributed by atoms with E-state index in [1.807, 2.05) is 6.92 Å². The van der Waals surface area contributed by atoms with Crippen molar-refractivity contribution in [1.82, 2.24) is 4.98 Å². The Hall–Kier alpha value is -2.57. The fourth-order valence-corrected chi connectivity index (χ4v) is 5.17. The van der Waals surface area contributed by atoms with Crippen molar-refractivity contribution in [3.8, 4) is 0 Å². The molecule has 2 heterocycles. The van der Waals surface area contributed by atoms with E-state index < -0.39 is 27.7 Å². The molecule has 172 valence electrons. The van der Waals surface area contributed by atoms with E-state index >= 15 is 0 Å². The molecule has 1 aromatic heterocycles. The third-order valence-corrected chi connectivity index (χ3v) is 8.64. The maximum Gasteiger partial charge on any atom is 0.416 e. The van der Waals surface area contributed by atoms with Gasteiger partial charge in [-0.3, -0.25) is 9.52 Å². The number of nitrogens with one attached hydrogen (secondary N) is 3. The maximum absolute atomic E-state index is 12.9. The summed E-state index contributed by atoms with van der Waals surface area (Å²) in [5, 5.41) is 2.69. The molecule has 3 N–H and O–H groups in total. The van der Waals surface area contributed by atoms with Gasteiger partial charge in [-0.25, -0.2) is 8.42 Å². The Bertz CT molecular complexity index is 1410. The van der Waals surface area contributed by atoms with Gasteiger partial charge < -0.3 is 10.3 Å². The smallest absolute Gasteiger partial charge is 0.357 e. The Morgan fingerprint density at radius 1 is 1.03 bits per heavy atom. The van der Waals surface area contributed by atoms with Gasteiger partial charge in [-0.15, -0.1) is 0 Å². The average molecular weight is 605 g/mol. The zero-order valence-electron chi connectivity index (χ0n) is 16.6. The summed E-state index contributed by atoms with van der Waals surface area (Å²) in [6.45, 7) is 1.84. The van der Waals surface area contributed by atoms with Crippen molar-refractivity contribution < 1.29 is 26.4 Å². The molecule has 4 rings (SSSR count). The summed E-state index contributed by atoms with van der Waals surface area (Å²) in [5.41, 5.74) is 1.62. The Balaban J connectivity index is 1.68. The third kappa shape index (κ3) is 4.59. The average Bonchev–Trinajstić information content (AvgIpc) is 3.17. The highest BCUT2D eigenvalue weighted by molar-refractivity contribution is 9.13. The van der Waals surface area contributed by atoms with Crippen LogP contribution in [0.5, 0.6) is 0 Å². The summed E-state index contributed by atoms with van der Waals surface area (Å²) in [7, 11) is -4.13. The lowest BCUT2D eigenvalue weighted by molar-refractivity contribution is -0.137. The number of aryl methyl sites for hydroxylation is 1. The zero-order valence-corrected chi connectivity index (χ0v) is 20.6. The summed E-state index contributed by atoms with van der Waals surface area (Å²) in [6, 6.07) is 7.75. The Morgan fingerprint density at radius 3 is 2.27 bits per heavy atom. The standard InChI is InChI=1S/C21H14Br2F3N3O3S/c1-10-18(22)19(23)17(27-10)9-15-14-8-13(6-7-16(14)28-20(15)30)33(31,32)29-12-4-2-11(3-5-12)21(24,25)26/h2-9,27,29H,1H3,(H,28,30). The van der Waals surface area contributed by atoms with Crippen LogP contribution in [-0.4, -0.2) is 19.3 Å². The lowest BCUT2D eigenvalue weighted by Gasteiger charge is -2.11. The molecule has 0 radical (unpaired) electrons. The number of carbonyl (C=O) groups is 1. The molecule has 1 amide bonds. The maximum atomic E-state index is 12.9. The van der Waals surface area contributed by atoms with Crippen LogP contribution in [0.4, 0.5) is 24.5 Å². The number of aromatic amines is 1. The molecule has 3 aromatic rings. The van der Waals surface area contributed by atoms with E-state index in [0.29, 0.717) is 21.4 Å². The first-order valence-electron chi connectivity index (χ1n) is 9.28. The van der Waals surface area contributed by atoms with Crippen LogP contribution in [0.25, 0.3) is 11.6 Å². The predicted octanol–water partition coefficient (Wildman–Crippen LogP) is 6.16. The number of rotatable bonds is 4. The molecule has 1 aliphatic heterocycles. The Kier molecular flexibility index (Phi) is 5.95. The summed E-state index contributed by atoms with van der Waals surface area (Å²) in [6.07, 6.45) is -2.93. The van der Waals surface area contributed by atoms with E-state index in [4.69, 9.17) is 0 Å². The summed E-state index contributed by atoms with van der Waals surface area (Å²) < 4.78 is 67.7. The minimum absolute atomic E-state index is 0.0240. The highest BCUT2D eigenvalue weighted by Gasteiger charge is 2.30. The monoisotopic (exact) mass is 603 g/mol. The molecule has 2 aromatic carbocycles. The molecule has 0 saturated heterocycles. The Morgan fingerprint density at radius 2 is 1.70 bits per heavy atom. The van der Waals surface area contributed by atoms with Gasteiger partial charge in [0.25, 0.3) is 15.9 Å². The van der Waals surface area contributed by atoms with Gasteiger partial charge in [-0.05, 0) is 87.3 Å². The van der Waals surface area contributed by atoms with Gasteiger partial charge in [0.05, 0.1) is 30.7 Å². The summed E-state index contributed by atoms with van der Waals surface area (Å²) >= 11 is 6.86. The predicted molar refractivity (Wildman–Crippen MR) is 126 cm³/mol. The minimum atomic E-state index is -4.53. The molecule has 0 spiro atoms. The zero-order chi connectivity index (χ0) is 24.1. The first-order chi connectivity index (χ1) is 15.4.